The summed E-state index contributed by atoms with van der Waals surface area (Å²) < 4.78 is 0. The third kappa shape index (κ3) is 2.30. The molecule has 20 heavy (non-hydrogen) atoms. The summed E-state index contributed by atoms with van der Waals surface area (Å²) >= 11 is 0. The second kappa shape index (κ2) is 5.27. The molecule has 1 saturated heterocycles. The Morgan fingerprint density at radius 1 is 1.15 bits per heavy atom. The van der Waals surface area contributed by atoms with Crippen LogP contribution in [0.4, 0.5) is 0 Å². The van der Waals surface area contributed by atoms with E-state index in [-0.39, 0.29) is 17.9 Å². The molecule has 2 heterocycles. The van der Waals surface area contributed by atoms with Crippen molar-refractivity contribution < 1.29 is 9.59 Å². The van der Waals surface area contributed by atoms with Crippen LogP contribution < -0.4 is 0 Å². The molecule has 0 N–H and O–H groups in total. The maximum atomic E-state index is 12.7. The quantitative estimate of drug-likeness (QED) is 0.779. The Labute approximate surface area is 119 Å². The zero-order chi connectivity index (χ0) is 14.1. The van der Waals surface area contributed by atoms with Gasteiger partial charge >= 0.3 is 0 Å². The van der Waals surface area contributed by atoms with Crippen molar-refractivity contribution in [2.75, 3.05) is 13.1 Å². The number of fused-ring (bicyclic) bond motifs is 1. The number of benzene rings is 1. The van der Waals surface area contributed by atoms with Crippen LogP contribution in [0, 0.1) is 0 Å². The third-order valence-corrected chi connectivity index (χ3v) is 4.38. The van der Waals surface area contributed by atoms with Gasteiger partial charge in [-0.2, -0.15) is 0 Å². The standard InChI is InChI=1S/C16H20N2O2/c1-12(19)18-9-4-7-15(18)16(20)17-10-8-13-5-2-3-6-14(13)11-17/h2-3,5-6,15H,4,7-11H2,1H3/t15-/m0/s1. The van der Waals surface area contributed by atoms with Gasteiger partial charge in [0.25, 0.3) is 0 Å². The summed E-state index contributed by atoms with van der Waals surface area (Å²) in [6, 6.07) is 8.05. The van der Waals surface area contributed by atoms with Gasteiger partial charge in [-0.25, -0.2) is 0 Å². The molecule has 0 unspecified atom stereocenters. The van der Waals surface area contributed by atoms with E-state index in [0.29, 0.717) is 6.54 Å². The Morgan fingerprint density at radius 3 is 2.65 bits per heavy atom. The van der Waals surface area contributed by atoms with Gasteiger partial charge in [-0.05, 0) is 30.4 Å². The summed E-state index contributed by atoms with van der Waals surface area (Å²) in [4.78, 5) is 27.9. The van der Waals surface area contributed by atoms with Gasteiger partial charge in [0.05, 0.1) is 0 Å². The lowest BCUT2D eigenvalue weighted by Gasteiger charge is -2.33. The first kappa shape index (κ1) is 13.2. The molecule has 3 rings (SSSR count). The van der Waals surface area contributed by atoms with Crippen LogP contribution in [0.3, 0.4) is 0 Å². The highest BCUT2D eigenvalue weighted by Crippen LogP contribution is 2.24. The highest BCUT2D eigenvalue weighted by Gasteiger charge is 2.35. The molecule has 0 spiro atoms. The van der Waals surface area contributed by atoms with Crippen LogP contribution in [0.5, 0.6) is 0 Å². The average Bonchev–Trinajstić information content (AvgIpc) is 2.95. The molecular weight excluding hydrogens is 252 g/mol. The SMILES string of the molecule is CC(=O)N1CCC[C@H]1C(=O)N1CCc2ccccc2C1. The number of amides is 2. The molecule has 0 aromatic heterocycles. The van der Waals surface area contributed by atoms with E-state index in [1.54, 1.807) is 11.8 Å². The van der Waals surface area contributed by atoms with Crippen LogP contribution in [-0.4, -0.2) is 40.7 Å². The number of likely N-dealkylation sites (tertiary alicyclic amines) is 1. The van der Waals surface area contributed by atoms with Crippen molar-refractivity contribution in [3.8, 4) is 0 Å². The summed E-state index contributed by atoms with van der Waals surface area (Å²) in [5, 5.41) is 0. The average molecular weight is 272 g/mol. The van der Waals surface area contributed by atoms with Crippen molar-refractivity contribution in [1.82, 2.24) is 9.80 Å². The normalized spacial score (nSPS) is 21.8. The van der Waals surface area contributed by atoms with Crippen molar-refractivity contribution in [2.45, 2.75) is 38.8 Å². The molecule has 2 amide bonds. The Bertz CT molecular complexity index is 541. The molecule has 0 radical (unpaired) electrons. The largest absolute Gasteiger partial charge is 0.336 e. The third-order valence-electron chi connectivity index (χ3n) is 4.38. The summed E-state index contributed by atoms with van der Waals surface area (Å²) in [6.45, 7) is 3.71. The van der Waals surface area contributed by atoms with Crippen LogP contribution >= 0.6 is 0 Å². The van der Waals surface area contributed by atoms with Gasteiger partial charge in [-0.1, -0.05) is 24.3 Å². The van der Waals surface area contributed by atoms with Crippen LogP contribution in [0.25, 0.3) is 0 Å². The molecule has 0 saturated carbocycles. The molecule has 2 aliphatic heterocycles. The minimum Gasteiger partial charge on any atom is -0.336 e. The number of carbonyl (C=O) groups is 2. The van der Waals surface area contributed by atoms with E-state index >= 15 is 0 Å². The second-order valence-electron chi connectivity index (χ2n) is 5.65. The summed E-state index contributed by atoms with van der Waals surface area (Å²) in [7, 11) is 0. The minimum atomic E-state index is -0.238. The van der Waals surface area contributed by atoms with Crippen LogP contribution in [0.1, 0.15) is 30.9 Å². The van der Waals surface area contributed by atoms with Crippen molar-refractivity contribution in [2.24, 2.45) is 0 Å². The van der Waals surface area contributed by atoms with Gasteiger partial charge < -0.3 is 9.80 Å². The fourth-order valence-corrected chi connectivity index (χ4v) is 3.29. The molecule has 1 aromatic rings. The number of hydrogen-bond donors (Lipinski definition) is 0. The highest BCUT2D eigenvalue weighted by atomic mass is 16.2. The van der Waals surface area contributed by atoms with Crippen molar-refractivity contribution in [1.29, 1.82) is 0 Å². The zero-order valence-corrected chi connectivity index (χ0v) is 11.8. The van der Waals surface area contributed by atoms with Gasteiger partial charge in [-0.3, -0.25) is 9.59 Å². The van der Waals surface area contributed by atoms with Gasteiger partial charge in [-0.15, -0.1) is 0 Å². The first-order chi connectivity index (χ1) is 9.66. The zero-order valence-electron chi connectivity index (χ0n) is 11.8. The molecule has 2 aliphatic rings. The van der Waals surface area contributed by atoms with Crippen LogP contribution in [0.2, 0.25) is 0 Å². The minimum absolute atomic E-state index is 0.0123. The Hall–Kier alpha value is -1.84. The van der Waals surface area contributed by atoms with E-state index in [1.807, 2.05) is 17.0 Å². The summed E-state index contributed by atoms with van der Waals surface area (Å²) in [5.74, 6) is 0.130. The monoisotopic (exact) mass is 272 g/mol. The topological polar surface area (TPSA) is 40.6 Å². The summed E-state index contributed by atoms with van der Waals surface area (Å²) in [5.41, 5.74) is 2.57. The van der Waals surface area contributed by atoms with E-state index in [4.69, 9.17) is 0 Å². The van der Waals surface area contributed by atoms with E-state index in [0.717, 1.165) is 32.4 Å². The lowest BCUT2D eigenvalue weighted by Crippen LogP contribution is -2.48. The molecule has 106 valence electrons. The first-order valence-electron chi connectivity index (χ1n) is 7.29. The smallest absolute Gasteiger partial charge is 0.245 e. The molecular formula is C16H20N2O2. The lowest BCUT2D eigenvalue weighted by atomic mass is 9.99. The van der Waals surface area contributed by atoms with Gasteiger partial charge in [0.2, 0.25) is 11.8 Å². The van der Waals surface area contributed by atoms with Gasteiger partial charge in [0, 0.05) is 26.6 Å². The first-order valence-corrected chi connectivity index (χ1v) is 7.29. The molecule has 1 fully saturated rings. The number of hydrogen-bond acceptors (Lipinski definition) is 2. The Morgan fingerprint density at radius 2 is 1.90 bits per heavy atom. The van der Waals surface area contributed by atoms with Crippen molar-refractivity contribution >= 4 is 11.8 Å². The fourth-order valence-electron chi connectivity index (χ4n) is 3.29. The predicted molar refractivity (Wildman–Crippen MR) is 76.0 cm³/mol. The maximum Gasteiger partial charge on any atom is 0.245 e. The predicted octanol–water partition coefficient (Wildman–Crippen LogP) is 1.58. The van der Waals surface area contributed by atoms with E-state index in [2.05, 4.69) is 12.1 Å². The second-order valence-corrected chi connectivity index (χ2v) is 5.65. The number of rotatable bonds is 1. The molecule has 1 atom stereocenters. The Balaban J connectivity index is 1.74. The molecule has 1 aromatic carbocycles. The number of carbonyl (C=O) groups excluding carboxylic acids is 2. The van der Waals surface area contributed by atoms with Gasteiger partial charge in [0.15, 0.2) is 0 Å². The van der Waals surface area contributed by atoms with Crippen LogP contribution in [-0.2, 0) is 22.6 Å². The van der Waals surface area contributed by atoms with E-state index in [1.165, 1.54) is 11.1 Å². The highest BCUT2D eigenvalue weighted by molar-refractivity contribution is 5.87. The van der Waals surface area contributed by atoms with Crippen molar-refractivity contribution in [3.63, 3.8) is 0 Å². The van der Waals surface area contributed by atoms with Gasteiger partial charge in [0.1, 0.15) is 6.04 Å². The van der Waals surface area contributed by atoms with Crippen LogP contribution in [0.15, 0.2) is 24.3 Å². The lowest BCUT2D eigenvalue weighted by molar-refractivity contribution is -0.143. The Kier molecular flexibility index (Phi) is 3.47. The van der Waals surface area contributed by atoms with Crippen molar-refractivity contribution in [3.05, 3.63) is 35.4 Å². The summed E-state index contributed by atoms with van der Waals surface area (Å²) in [6.07, 6.45) is 2.64. The van der Waals surface area contributed by atoms with E-state index < -0.39 is 0 Å². The van der Waals surface area contributed by atoms with E-state index in [9.17, 15) is 9.59 Å². The molecule has 4 nitrogen and oxygen atoms in total. The molecule has 0 bridgehead atoms. The fraction of sp³-hybridized carbons (Fsp3) is 0.500. The molecule has 4 heteroatoms. The number of nitrogens with zero attached hydrogens (tertiary/aromatic N) is 2. The maximum absolute atomic E-state index is 12.7. The molecule has 0 aliphatic carbocycles.